The zero-order chi connectivity index (χ0) is 20.9. The Labute approximate surface area is 178 Å². The number of carbonyl (C=O) groups is 1. The zero-order valence-electron chi connectivity index (χ0n) is 20.0. The van der Waals surface area contributed by atoms with Gasteiger partial charge in [-0.05, 0) is 24.6 Å². The van der Waals surface area contributed by atoms with Gasteiger partial charge in [-0.1, -0.05) is 124 Å². The van der Waals surface area contributed by atoms with Crippen LogP contribution in [0, 0.1) is 0 Å². The van der Waals surface area contributed by atoms with Crippen molar-refractivity contribution in [2.75, 3.05) is 0 Å². The van der Waals surface area contributed by atoms with Crippen LogP contribution in [0.4, 0.5) is 0 Å². The molecule has 2 nitrogen and oxygen atoms in total. The molecular weight excluding hydrogens is 360 g/mol. The van der Waals surface area contributed by atoms with Crippen LogP contribution in [0.2, 0.25) is 18.1 Å². The number of rotatable bonds is 21. The quantitative estimate of drug-likeness (QED) is 0.139. The summed E-state index contributed by atoms with van der Waals surface area (Å²) in [7, 11) is -1.81. The van der Waals surface area contributed by atoms with E-state index in [9.17, 15) is 4.79 Å². The van der Waals surface area contributed by atoms with Crippen LogP contribution in [0.25, 0.3) is 0 Å². The monoisotopic (exact) mass is 412 g/mol. The predicted molar refractivity (Wildman–Crippen MR) is 127 cm³/mol. The van der Waals surface area contributed by atoms with E-state index >= 15 is 0 Å². The van der Waals surface area contributed by atoms with Crippen LogP contribution in [-0.2, 0) is 9.22 Å². The molecule has 0 rings (SSSR count). The molecule has 0 spiro atoms. The van der Waals surface area contributed by atoms with Crippen molar-refractivity contribution in [3.8, 4) is 0 Å². The Bertz CT molecular complexity index is 326. The van der Waals surface area contributed by atoms with E-state index in [0.717, 1.165) is 43.8 Å². The molecule has 0 radical (unpaired) electrons. The van der Waals surface area contributed by atoms with Gasteiger partial charge in [0.05, 0.1) is 0 Å². The highest BCUT2D eigenvalue weighted by Crippen LogP contribution is 2.28. The molecule has 0 atom stereocenters. The predicted octanol–water partition coefficient (Wildman–Crippen LogP) is 9.19. The van der Waals surface area contributed by atoms with Crippen molar-refractivity contribution in [2.45, 2.75) is 155 Å². The second-order valence-electron chi connectivity index (χ2n) is 8.90. The highest BCUT2D eigenvalue weighted by atomic mass is 28.4. The standard InChI is InChI=1S/C25H52O2Si/c1-5-9-10-11-12-13-14-15-16-17-18-19-20-21-25(26)27-28(22-6-2,23-7-3)24-8-4/h5-24H2,1-4H3. The summed E-state index contributed by atoms with van der Waals surface area (Å²) < 4.78 is 6.17. The molecular formula is C25H52O2Si. The Morgan fingerprint density at radius 3 is 1.25 bits per heavy atom. The Hall–Kier alpha value is -0.313. The molecule has 0 aromatic rings. The van der Waals surface area contributed by atoms with Crippen LogP contribution in [-0.4, -0.2) is 14.3 Å². The van der Waals surface area contributed by atoms with Gasteiger partial charge in [0.25, 0.3) is 14.3 Å². The van der Waals surface area contributed by atoms with Crippen molar-refractivity contribution in [1.82, 2.24) is 0 Å². The van der Waals surface area contributed by atoms with Gasteiger partial charge in [-0.15, -0.1) is 0 Å². The zero-order valence-corrected chi connectivity index (χ0v) is 21.0. The topological polar surface area (TPSA) is 26.3 Å². The summed E-state index contributed by atoms with van der Waals surface area (Å²) in [6.07, 6.45) is 21.6. The molecule has 0 heterocycles. The minimum atomic E-state index is -1.81. The molecule has 0 fully saturated rings. The van der Waals surface area contributed by atoms with Crippen molar-refractivity contribution in [2.24, 2.45) is 0 Å². The van der Waals surface area contributed by atoms with Crippen molar-refractivity contribution < 1.29 is 9.22 Å². The van der Waals surface area contributed by atoms with E-state index in [1.54, 1.807) is 0 Å². The number of carbonyl (C=O) groups excluding carboxylic acids is 1. The van der Waals surface area contributed by atoms with E-state index in [1.165, 1.54) is 77.0 Å². The molecule has 0 unspecified atom stereocenters. The van der Waals surface area contributed by atoms with E-state index in [-0.39, 0.29) is 5.97 Å². The minimum Gasteiger partial charge on any atom is -0.519 e. The Balaban J connectivity index is 3.69. The van der Waals surface area contributed by atoms with Crippen molar-refractivity contribution >= 4 is 14.3 Å². The highest BCUT2D eigenvalue weighted by Gasteiger charge is 2.35. The summed E-state index contributed by atoms with van der Waals surface area (Å²) in [6, 6.07) is 3.46. The van der Waals surface area contributed by atoms with Crippen molar-refractivity contribution in [3.63, 3.8) is 0 Å². The van der Waals surface area contributed by atoms with Gasteiger partial charge in [0, 0.05) is 6.42 Å². The Morgan fingerprint density at radius 1 is 0.536 bits per heavy atom. The summed E-state index contributed by atoms with van der Waals surface area (Å²) in [5.41, 5.74) is 0. The number of hydrogen-bond donors (Lipinski definition) is 0. The third-order valence-electron chi connectivity index (χ3n) is 5.93. The van der Waals surface area contributed by atoms with Crippen LogP contribution in [0.15, 0.2) is 0 Å². The summed E-state index contributed by atoms with van der Waals surface area (Å²) >= 11 is 0. The molecule has 0 aliphatic carbocycles. The third-order valence-corrected chi connectivity index (χ3v) is 10.8. The fourth-order valence-corrected chi connectivity index (χ4v) is 8.85. The van der Waals surface area contributed by atoms with Crippen molar-refractivity contribution in [1.29, 1.82) is 0 Å². The molecule has 3 heteroatoms. The van der Waals surface area contributed by atoms with E-state index in [1.807, 2.05) is 0 Å². The summed E-state index contributed by atoms with van der Waals surface area (Å²) in [4.78, 5) is 12.4. The third kappa shape index (κ3) is 15.6. The Kier molecular flexibility index (Phi) is 19.8. The van der Waals surface area contributed by atoms with E-state index in [0.29, 0.717) is 6.42 Å². The van der Waals surface area contributed by atoms with Gasteiger partial charge in [-0.25, -0.2) is 0 Å². The average Bonchev–Trinajstić information content (AvgIpc) is 2.66. The summed E-state index contributed by atoms with van der Waals surface area (Å²) in [6.45, 7) is 8.97. The summed E-state index contributed by atoms with van der Waals surface area (Å²) in [5.74, 6) is 0.102. The largest absolute Gasteiger partial charge is 0.519 e. The molecule has 0 aliphatic rings. The lowest BCUT2D eigenvalue weighted by molar-refractivity contribution is -0.135. The van der Waals surface area contributed by atoms with E-state index < -0.39 is 8.32 Å². The van der Waals surface area contributed by atoms with Crippen LogP contribution >= 0.6 is 0 Å². The first-order valence-electron chi connectivity index (χ1n) is 12.9. The highest BCUT2D eigenvalue weighted by molar-refractivity contribution is 6.75. The van der Waals surface area contributed by atoms with Gasteiger partial charge in [0.15, 0.2) is 0 Å². The van der Waals surface area contributed by atoms with E-state index in [4.69, 9.17) is 4.43 Å². The lowest BCUT2D eigenvalue weighted by atomic mass is 10.0. The Morgan fingerprint density at radius 2 is 0.893 bits per heavy atom. The van der Waals surface area contributed by atoms with Gasteiger partial charge >= 0.3 is 0 Å². The van der Waals surface area contributed by atoms with Crippen molar-refractivity contribution in [3.05, 3.63) is 0 Å². The second-order valence-corrected chi connectivity index (χ2v) is 13.0. The molecule has 28 heavy (non-hydrogen) atoms. The summed E-state index contributed by atoms with van der Waals surface area (Å²) in [5, 5.41) is 0. The maximum Gasteiger partial charge on any atom is 0.292 e. The first-order chi connectivity index (χ1) is 13.6. The smallest absolute Gasteiger partial charge is 0.292 e. The van der Waals surface area contributed by atoms with Gasteiger partial charge in [0.2, 0.25) is 0 Å². The van der Waals surface area contributed by atoms with Crippen LogP contribution in [0.3, 0.4) is 0 Å². The molecule has 0 aromatic carbocycles. The molecule has 0 bridgehead atoms. The molecule has 0 N–H and O–H groups in total. The van der Waals surface area contributed by atoms with Gasteiger partial charge in [0.1, 0.15) is 0 Å². The number of hydrogen-bond acceptors (Lipinski definition) is 2. The molecule has 0 saturated heterocycles. The van der Waals surface area contributed by atoms with Gasteiger partial charge in [-0.2, -0.15) is 0 Å². The van der Waals surface area contributed by atoms with Gasteiger partial charge in [-0.3, -0.25) is 4.79 Å². The van der Waals surface area contributed by atoms with Gasteiger partial charge < -0.3 is 4.43 Å². The van der Waals surface area contributed by atoms with Crippen LogP contribution in [0.1, 0.15) is 137 Å². The van der Waals surface area contributed by atoms with Crippen LogP contribution < -0.4 is 0 Å². The lowest BCUT2D eigenvalue weighted by Crippen LogP contribution is -2.40. The minimum absolute atomic E-state index is 0.102. The SMILES string of the molecule is CCCCCCCCCCCCCCCC(=O)O[Si](CCC)(CCC)CCC. The average molecular weight is 413 g/mol. The van der Waals surface area contributed by atoms with E-state index in [2.05, 4.69) is 27.7 Å². The fraction of sp³-hybridized carbons (Fsp3) is 0.960. The normalized spacial score (nSPS) is 11.7. The molecule has 0 amide bonds. The maximum atomic E-state index is 12.4. The first-order valence-corrected chi connectivity index (χ1v) is 15.4. The molecule has 0 aromatic heterocycles. The maximum absolute atomic E-state index is 12.4. The van der Waals surface area contributed by atoms with Crippen LogP contribution in [0.5, 0.6) is 0 Å². The number of unbranched alkanes of at least 4 members (excludes halogenated alkanes) is 12. The second kappa shape index (κ2) is 20.0. The molecule has 0 saturated carbocycles. The lowest BCUT2D eigenvalue weighted by Gasteiger charge is -2.30. The fourth-order valence-electron chi connectivity index (χ4n) is 4.47. The molecule has 168 valence electrons. The molecule has 0 aliphatic heterocycles. The first kappa shape index (κ1) is 27.7.